The van der Waals surface area contributed by atoms with Gasteiger partial charge in [-0.15, -0.1) is 0 Å². The summed E-state index contributed by atoms with van der Waals surface area (Å²) < 4.78 is 0. The van der Waals surface area contributed by atoms with Crippen molar-refractivity contribution in [3.8, 4) is 0 Å². The molecule has 2 aromatic rings. The molecule has 0 heterocycles. The van der Waals surface area contributed by atoms with E-state index in [1.54, 1.807) is 0 Å². The summed E-state index contributed by atoms with van der Waals surface area (Å²) in [6, 6.07) is 16.0. The topological polar surface area (TPSA) is 64.1 Å². The third kappa shape index (κ3) is 9.59. The Morgan fingerprint density at radius 3 is 1.65 bits per heavy atom. The number of nitrogens with two attached hydrogens (primary N) is 2. The Morgan fingerprint density at radius 2 is 1.30 bits per heavy atom. The highest BCUT2D eigenvalue weighted by Crippen LogP contribution is 2.13. The third-order valence-electron chi connectivity index (χ3n) is 2.94. The van der Waals surface area contributed by atoms with Gasteiger partial charge in [-0.1, -0.05) is 71.0 Å². The average molecular weight is 318 g/mol. The lowest BCUT2D eigenvalue weighted by Crippen LogP contribution is -2.00. The molecule has 0 unspecified atom stereocenters. The van der Waals surface area contributed by atoms with E-state index in [9.17, 15) is 0 Å². The van der Waals surface area contributed by atoms with Crippen LogP contribution in [0.3, 0.4) is 0 Å². The van der Waals surface area contributed by atoms with Gasteiger partial charge >= 0.3 is 0 Å². The SMILES string of the molecule is CC.CC.CCc1ccccc1NC.NCc1ccccc1N. The Hall–Kier alpha value is -2.00. The molecule has 0 amide bonds. The van der Waals surface area contributed by atoms with Gasteiger partial charge in [0.05, 0.1) is 0 Å². The number of aryl methyl sites for hydroxylation is 1. The smallest absolute Gasteiger partial charge is 0.0370 e. The van der Waals surface area contributed by atoms with Crippen LogP contribution in [0, 0.1) is 0 Å². The second kappa shape index (κ2) is 16.4. The first kappa shape index (κ1) is 23.3. The first-order valence-electron chi connectivity index (χ1n) is 8.52. The maximum atomic E-state index is 5.55. The fourth-order valence-electron chi connectivity index (χ4n) is 1.79. The summed E-state index contributed by atoms with van der Waals surface area (Å²) >= 11 is 0. The molecule has 0 bridgehead atoms. The second-order valence-corrected chi connectivity index (χ2v) is 4.16. The Morgan fingerprint density at radius 1 is 0.826 bits per heavy atom. The van der Waals surface area contributed by atoms with Crippen LogP contribution in [0.2, 0.25) is 0 Å². The van der Waals surface area contributed by atoms with Crippen molar-refractivity contribution in [2.45, 2.75) is 47.6 Å². The lowest BCUT2D eigenvalue weighted by Gasteiger charge is -2.04. The van der Waals surface area contributed by atoms with E-state index in [0.717, 1.165) is 17.7 Å². The third-order valence-corrected chi connectivity index (χ3v) is 2.94. The van der Waals surface area contributed by atoms with E-state index < -0.39 is 0 Å². The van der Waals surface area contributed by atoms with Crippen LogP contribution < -0.4 is 16.8 Å². The summed E-state index contributed by atoms with van der Waals surface area (Å²) in [7, 11) is 1.95. The van der Waals surface area contributed by atoms with Crippen molar-refractivity contribution in [1.29, 1.82) is 0 Å². The number of para-hydroxylation sites is 2. The number of hydrogen-bond acceptors (Lipinski definition) is 3. The molecule has 0 radical (unpaired) electrons. The van der Waals surface area contributed by atoms with Crippen molar-refractivity contribution >= 4 is 11.4 Å². The number of anilines is 2. The van der Waals surface area contributed by atoms with Crippen LogP contribution in [0.1, 0.15) is 45.7 Å². The van der Waals surface area contributed by atoms with Crippen molar-refractivity contribution in [3.05, 3.63) is 59.7 Å². The van der Waals surface area contributed by atoms with Crippen molar-refractivity contribution in [1.82, 2.24) is 0 Å². The largest absolute Gasteiger partial charge is 0.398 e. The molecule has 3 nitrogen and oxygen atoms in total. The van der Waals surface area contributed by atoms with E-state index >= 15 is 0 Å². The molecule has 0 aliphatic heterocycles. The highest BCUT2D eigenvalue weighted by atomic mass is 14.8. The molecule has 0 spiro atoms. The lowest BCUT2D eigenvalue weighted by atomic mass is 10.1. The molecule has 130 valence electrons. The minimum atomic E-state index is 0.521. The van der Waals surface area contributed by atoms with Gasteiger partial charge in [-0.05, 0) is 29.7 Å². The van der Waals surface area contributed by atoms with E-state index in [2.05, 4.69) is 30.4 Å². The maximum Gasteiger partial charge on any atom is 0.0370 e. The molecule has 23 heavy (non-hydrogen) atoms. The molecule has 0 saturated heterocycles. The van der Waals surface area contributed by atoms with Crippen LogP contribution in [-0.2, 0) is 13.0 Å². The molecule has 5 N–H and O–H groups in total. The molecule has 2 aromatic carbocycles. The Kier molecular flexibility index (Phi) is 16.6. The van der Waals surface area contributed by atoms with Crippen LogP contribution in [0.4, 0.5) is 11.4 Å². The van der Waals surface area contributed by atoms with Crippen LogP contribution in [0.25, 0.3) is 0 Å². The minimum absolute atomic E-state index is 0.521. The predicted molar refractivity (Wildman–Crippen MR) is 107 cm³/mol. The van der Waals surface area contributed by atoms with Crippen LogP contribution >= 0.6 is 0 Å². The van der Waals surface area contributed by atoms with E-state index in [-0.39, 0.29) is 0 Å². The van der Waals surface area contributed by atoms with Crippen molar-refractivity contribution in [3.63, 3.8) is 0 Å². The van der Waals surface area contributed by atoms with E-state index in [1.807, 2.05) is 65.1 Å². The number of benzene rings is 2. The van der Waals surface area contributed by atoms with Crippen LogP contribution in [0.5, 0.6) is 0 Å². The van der Waals surface area contributed by atoms with E-state index in [1.165, 1.54) is 11.3 Å². The van der Waals surface area contributed by atoms with Gasteiger partial charge in [-0.2, -0.15) is 0 Å². The molecule has 3 heteroatoms. The maximum absolute atomic E-state index is 5.55. The summed E-state index contributed by atoms with van der Waals surface area (Å²) in [6.45, 7) is 10.7. The summed E-state index contributed by atoms with van der Waals surface area (Å²) in [5.41, 5.74) is 15.3. The lowest BCUT2D eigenvalue weighted by molar-refractivity contribution is 1.08. The number of nitrogen functional groups attached to an aromatic ring is 1. The summed E-state index contributed by atoms with van der Waals surface area (Å²) in [4.78, 5) is 0. The summed E-state index contributed by atoms with van der Waals surface area (Å²) in [5, 5.41) is 3.15. The van der Waals surface area contributed by atoms with Gasteiger partial charge in [0.25, 0.3) is 0 Å². The molecule has 0 aliphatic rings. The quantitative estimate of drug-likeness (QED) is 0.692. The fraction of sp³-hybridized carbons (Fsp3) is 0.400. The average Bonchev–Trinajstić information content (AvgIpc) is 2.66. The summed E-state index contributed by atoms with van der Waals surface area (Å²) in [6.07, 6.45) is 1.09. The van der Waals surface area contributed by atoms with Gasteiger partial charge in [-0.3, -0.25) is 0 Å². The molecule has 0 aliphatic carbocycles. The highest BCUT2D eigenvalue weighted by Gasteiger charge is 1.93. The van der Waals surface area contributed by atoms with Gasteiger partial charge in [0.1, 0.15) is 0 Å². The highest BCUT2D eigenvalue weighted by molar-refractivity contribution is 5.50. The van der Waals surface area contributed by atoms with Gasteiger partial charge < -0.3 is 16.8 Å². The zero-order valence-corrected chi connectivity index (χ0v) is 15.7. The number of hydrogen-bond donors (Lipinski definition) is 3. The normalized spacial score (nSPS) is 8.30. The standard InChI is InChI=1S/C9H13N.C7H10N2.2C2H6/c1-3-8-6-4-5-7-9(8)10-2;8-5-6-3-1-2-4-7(6)9;2*1-2/h4-7,10H,3H2,1-2H3;1-4H,5,8-9H2;2*1-2H3. The molecular weight excluding hydrogens is 282 g/mol. The molecule has 0 atom stereocenters. The molecule has 0 fully saturated rings. The first-order chi connectivity index (χ1) is 11.2. The molecule has 2 rings (SSSR count). The van der Waals surface area contributed by atoms with Crippen LogP contribution in [0.15, 0.2) is 48.5 Å². The minimum Gasteiger partial charge on any atom is -0.398 e. The van der Waals surface area contributed by atoms with Gasteiger partial charge in [0.15, 0.2) is 0 Å². The zero-order chi connectivity index (χ0) is 18.1. The molecule has 0 saturated carbocycles. The number of nitrogens with one attached hydrogen (secondary N) is 1. The van der Waals surface area contributed by atoms with Crippen molar-refractivity contribution in [2.75, 3.05) is 18.1 Å². The molecule has 0 aromatic heterocycles. The van der Waals surface area contributed by atoms with Gasteiger partial charge in [-0.25, -0.2) is 0 Å². The Bertz CT molecular complexity index is 473. The van der Waals surface area contributed by atoms with E-state index in [0.29, 0.717) is 6.54 Å². The monoisotopic (exact) mass is 317 g/mol. The van der Waals surface area contributed by atoms with E-state index in [4.69, 9.17) is 11.5 Å². The van der Waals surface area contributed by atoms with Gasteiger partial charge in [0.2, 0.25) is 0 Å². The number of rotatable bonds is 3. The Balaban J connectivity index is 0. The van der Waals surface area contributed by atoms with Crippen molar-refractivity contribution < 1.29 is 0 Å². The zero-order valence-electron chi connectivity index (χ0n) is 15.7. The van der Waals surface area contributed by atoms with Crippen LogP contribution in [-0.4, -0.2) is 7.05 Å². The molecular formula is C20H35N3. The fourth-order valence-corrected chi connectivity index (χ4v) is 1.79. The first-order valence-corrected chi connectivity index (χ1v) is 8.52. The Labute approximate surface area is 143 Å². The predicted octanol–water partition coefficient (Wildman–Crippen LogP) is 5.07. The summed E-state index contributed by atoms with van der Waals surface area (Å²) in [5.74, 6) is 0. The van der Waals surface area contributed by atoms with Crippen molar-refractivity contribution in [2.24, 2.45) is 5.73 Å². The second-order valence-electron chi connectivity index (χ2n) is 4.16. The van der Waals surface area contributed by atoms with Gasteiger partial charge in [0, 0.05) is 25.0 Å².